The first kappa shape index (κ1) is 12.8. The molecule has 6 nitrogen and oxygen atoms in total. The molecular formula is C12H7ClN4O2S. The van der Waals surface area contributed by atoms with Crippen molar-refractivity contribution >= 4 is 34.9 Å². The number of rotatable bonds is 3. The third kappa shape index (κ3) is 2.68. The Bertz CT molecular complexity index is 741. The lowest BCUT2D eigenvalue weighted by molar-refractivity contribution is 0.102. The van der Waals surface area contributed by atoms with Crippen molar-refractivity contribution in [2.45, 2.75) is 0 Å². The van der Waals surface area contributed by atoms with Crippen molar-refractivity contribution in [3.05, 3.63) is 45.7 Å². The number of carbonyl (C=O) groups excluding carboxylic acids is 1. The maximum atomic E-state index is 11.9. The Balaban J connectivity index is 1.76. The van der Waals surface area contributed by atoms with Crippen LogP contribution in [0, 0.1) is 0 Å². The minimum absolute atomic E-state index is 0.0141. The zero-order valence-corrected chi connectivity index (χ0v) is 11.5. The first-order chi connectivity index (χ1) is 9.72. The maximum absolute atomic E-state index is 11.9. The van der Waals surface area contributed by atoms with Gasteiger partial charge in [0.2, 0.25) is 0 Å². The summed E-state index contributed by atoms with van der Waals surface area (Å²) in [6.45, 7) is 0. The maximum Gasteiger partial charge on any atom is 0.322 e. The fourth-order valence-electron chi connectivity index (χ4n) is 1.46. The van der Waals surface area contributed by atoms with E-state index in [4.69, 9.17) is 16.0 Å². The van der Waals surface area contributed by atoms with Crippen LogP contribution in [0.2, 0.25) is 4.34 Å². The number of pyridine rings is 1. The number of aromatic nitrogens is 3. The second-order valence-electron chi connectivity index (χ2n) is 3.69. The highest BCUT2D eigenvalue weighted by Crippen LogP contribution is 2.23. The highest BCUT2D eigenvalue weighted by atomic mass is 35.5. The van der Waals surface area contributed by atoms with Crippen molar-refractivity contribution < 1.29 is 9.21 Å². The molecule has 0 spiro atoms. The van der Waals surface area contributed by atoms with Crippen LogP contribution in [0.4, 0.5) is 6.01 Å². The van der Waals surface area contributed by atoms with Gasteiger partial charge in [0.25, 0.3) is 11.8 Å². The van der Waals surface area contributed by atoms with E-state index in [-0.39, 0.29) is 17.8 Å². The molecule has 0 saturated carbocycles. The van der Waals surface area contributed by atoms with E-state index < -0.39 is 0 Å². The molecule has 8 heteroatoms. The number of carbonyl (C=O) groups is 1. The number of anilines is 1. The number of amides is 1. The molecule has 3 heterocycles. The van der Waals surface area contributed by atoms with E-state index in [2.05, 4.69) is 20.5 Å². The van der Waals surface area contributed by atoms with Gasteiger partial charge in [-0.2, -0.15) is 0 Å². The van der Waals surface area contributed by atoms with E-state index >= 15 is 0 Å². The Kier molecular flexibility index (Phi) is 3.44. The largest absolute Gasteiger partial charge is 0.401 e. The number of hydrogen-bond donors (Lipinski definition) is 1. The summed E-state index contributed by atoms with van der Waals surface area (Å²) in [4.78, 5) is 16.4. The normalized spacial score (nSPS) is 10.4. The molecule has 20 heavy (non-hydrogen) atoms. The summed E-state index contributed by atoms with van der Waals surface area (Å²) in [6.07, 6.45) is 1.62. The Hall–Kier alpha value is -2.25. The third-order valence-corrected chi connectivity index (χ3v) is 3.56. The molecule has 0 aromatic carbocycles. The van der Waals surface area contributed by atoms with E-state index in [9.17, 15) is 4.79 Å². The number of nitrogens with one attached hydrogen (secondary N) is 1. The van der Waals surface area contributed by atoms with Crippen molar-refractivity contribution in [3.8, 4) is 11.6 Å². The molecule has 0 radical (unpaired) electrons. The molecule has 1 N–H and O–H groups in total. The predicted molar refractivity (Wildman–Crippen MR) is 74.8 cm³/mol. The average Bonchev–Trinajstić information content (AvgIpc) is 3.09. The third-order valence-electron chi connectivity index (χ3n) is 2.33. The fraction of sp³-hybridized carbons (Fsp3) is 0. The number of thiophene rings is 1. The minimum Gasteiger partial charge on any atom is -0.401 e. The molecule has 0 saturated heterocycles. The van der Waals surface area contributed by atoms with Gasteiger partial charge in [-0.05, 0) is 24.3 Å². The number of halogens is 1. The molecule has 0 unspecified atom stereocenters. The van der Waals surface area contributed by atoms with Gasteiger partial charge in [0, 0.05) is 6.20 Å². The van der Waals surface area contributed by atoms with Gasteiger partial charge in [0.1, 0.15) is 5.69 Å². The van der Waals surface area contributed by atoms with Gasteiger partial charge in [0.15, 0.2) is 0 Å². The first-order valence-corrected chi connectivity index (χ1v) is 6.73. The summed E-state index contributed by atoms with van der Waals surface area (Å²) < 4.78 is 5.86. The van der Waals surface area contributed by atoms with Crippen molar-refractivity contribution in [3.63, 3.8) is 0 Å². The molecule has 0 aliphatic heterocycles. The summed E-state index contributed by atoms with van der Waals surface area (Å²) in [6, 6.07) is 8.60. The van der Waals surface area contributed by atoms with Gasteiger partial charge in [-0.25, -0.2) is 0 Å². The van der Waals surface area contributed by atoms with Crippen LogP contribution in [-0.2, 0) is 0 Å². The van der Waals surface area contributed by atoms with Crippen LogP contribution >= 0.6 is 22.9 Å². The van der Waals surface area contributed by atoms with Crippen LogP contribution in [-0.4, -0.2) is 21.1 Å². The average molecular weight is 307 g/mol. The van der Waals surface area contributed by atoms with Crippen molar-refractivity contribution in [2.24, 2.45) is 0 Å². The second-order valence-corrected chi connectivity index (χ2v) is 5.40. The van der Waals surface area contributed by atoms with E-state index in [1.165, 1.54) is 11.3 Å². The summed E-state index contributed by atoms with van der Waals surface area (Å²) in [5, 5.41) is 10.1. The van der Waals surface area contributed by atoms with E-state index in [0.717, 1.165) is 0 Å². The summed E-state index contributed by atoms with van der Waals surface area (Å²) >= 11 is 6.94. The number of hydrogen-bond acceptors (Lipinski definition) is 6. The molecule has 3 aromatic rings. The van der Waals surface area contributed by atoms with Gasteiger partial charge in [0.05, 0.1) is 9.21 Å². The predicted octanol–water partition coefficient (Wildman–Crippen LogP) is 3.10. The lowest BCUT2D eigenvalue weighted by Gasteiger charge is -1.96. The quantitative estimate of drug-likeness (QED) is 0.804. The molecule has 0 bridgehead atoms. The molecular weight excluding hydrogens is 300 g/mol. The van der Waals surface area contributed by atoms with Gasteiger partial charge in [-0.1, -0.05) is 22.8 Å². The Morgan fingerprint density at radius 2 is 2.15 bits per heavy atom. The molecule has 1 amide bonds. The van der Waals surface area contributed by atoms with Gasteiger partial charge < -0.3 is 4.42 Å². The van der Waals surface area contributed by atoms with Crippen molar-refractivity contribution in [2.75, 3.05) is 5.32 Å². The fourth-order valence-corrected chi connectivity index (χ4v) is 2.40. The van der Waals surface area contributed by atoms with Crippen LogP contribution in [0.25, 0.3) is 11.6 Å². The summed E-state index contributed by atoms with van der Waals surface area (Å²) in [5.41, 5.74) is 0.541. The van der Waals surface area contributed by atoms with Crippen molar-refractivity contribution in [1.82, 2.24) is 15.2 Å². The van der Waals surface area contributed by atoms with E-state index in [1.54, 1.807) is 36.5 Å². The van der Waals surface area contributed by atoms with Gasteiger partial charge in [-0.15, -0.1) is 16.4 Å². The number of nitrogens with zero attached hydrogens (tertiary/aromatic N) is 3. The van der Waals surface area contributed by atoms with Crippen LogP contribution in [0.3, 0.4) is 0 Å². The second kappa shape index (κ2) is 5.40. The standard InChI is InChI=1S/C12H7ClN4O2S/c13-9-5-4-8(20-9)10(18)15-12-17-16-11(19-12)7-3-1-2-6-14-7/h1-6H,(H,15,17,18). The van der Waals surface area contributed by atoms with Crippen molar-refractivity contribution in [1.29, 1.82) is 0 Å². The Labute approximate surface area is 122 Å². The first-order valence-electron chi connectivity index (χ1n) is 5.54. The zero-order chi connectivity index (χ0) is 13.9. The van der Waals surface area contributed by atoms with E-state index in [0.29, 0.717) is 14.9 Å². The highest BCUT2D eigenvalue weighted by molar-refractivity contribution is 7.18. The molecule has 3 rings (SSSR count). The van der Waals surface area contributed by atoms with Crippen LogP contribution < -0.4 is 5.32 Å². The van der Waals surface area contributed by atoms with E-state index in [1.807, 2.05) is 0 Å². The van der Waals surface area contributed by atoms with Crippen LogP contribution in [0.15, 0.2) is 40.9 Å². The molecule has 0 aliphatic carbocycles. The molecule has 100 valence electrons. The SMILES string of the molecule is O=C(Nc1nnc(-c2ccccn2)o1)c1ccc(Cl)s1. The van der Waals surface area contributed by atoms with Crippen LogP contribution in [0.1, 0.15) is 9.67 Å². The Morgan fingerprint density at radius 1 is 1.25 bits per heavy atom. The molecule has 0 atom stereocenters. The zero-order valence-electron chi connectivity index (χ0n) is 9.91. The smallest absolute Gasteiger partial charge is 0.322 e. The molecule has 3 aromatic heterocycles. The van der Waals surface area contributed by atoms with Gasteiger partial charge >= 0.3 is 6.01 Å². The highest BCUT2D eigenvalue weighted by Gasteiger charge is 2.14. The molecule has 0 fully saturated rings. The van der Waals surface area contributed by atoms with Gasteiger partial charge in [-0.3, -0.25) is 15.1 Å². The van der Waals surface area contributed by atoms with Crippen LogP contribution in [0.5, 0.6) is 0 Å². The molecule has 0 aliphatic rings. The monoisotopic (exact) mass is 306 g/mol. The minimum atomic E-state index is -0.349. The lowest BCUT2D eigenvalue weighted by Crippen LogP contribution is -2.10. The lowest BCUT2D eigenvalue weighted by atomic mass is 10.3. The topological polar surface area (TPSA) is 80.9 Å². The summed E-state index contributed by atoms with van der Waals surface area (Å²) in [7, 11) is 0. The summed E-state index contributed by atoms with van der Waals surface area (Å²) in [5.74, 6) is -0.108. The Morgan fingerprint density at radius 3 is 2.85 bits per heavy atom.